The van der Waals surface area contributed by atoms with Crippen molar-refractivity contribution in [1.82, 2.24) is 35.0 Å². The molecule has 0 spiro atoms. The summed E-state index contributed by atoms with van der Waals surface area (Å²) < 4.78 is 40.7. The van der Waals surface area contributed by atoms with Gasteiger partial charge < -0.3 is 4.98 Å². The number of nitrogens with zero attached hydrogens (tertiary/aromatic N) is 5. The Morgan fingerprint density at radius 3 is 2.62 bits per heavy atom. The molecule has 1 aliphatic rings. The summed E-state index contributed by atoms with van der Waals surface area (Å²) in [4.78, 5) is 18.5. The Kier molecular flexibility index (Phi) is 5.44. The fourth-order valence-electron chi connectivity index (χ4n) is 5.23. The quantitative estimate of drug-likeness (QED) is 0.280. The van der Waals surface area contributed by atoms with Crippen LogP contribution in [0, 0.1) is 5.82 Å². The lowest BCUT2D eigenvalue weighted by Crippen LogP contribution is -2.24. The molecule has 0 bridgehead atoms. The molecule has 39 heavy (non-hydrogen) atoms. The molecule has 194 valence electrons. The lowest BCUT2D eigenvalue weighted by molar-refractivity contribution is 0.0115. The third kappa shape index (κ3) is 4.42. The van der Waals surface area contributed by atoms with E-state index in [1.807, 2.05) is 24.3 Å². The van der Waals surface area contributed by atoms with Crippen molar-refractivity contribution in [2.75, 3.05) is 13.1 Å². The number of alkyl halides is 2. The van der Waals surface area contributed by atoms with Crippen LogP contribution < -0.4 is 0 Å². The predicted molar refractivity (Wildman–Crippen MR) is 142 cm³/mol. The van der Waals surface area contributed by atoms with E-state index in [9.17, 15) is 13.2 Å². The Hall–Kier alpha value is -4.57. The zero-order chi connectivity index (χ0) is 26.6. The Labute approximate surface area is 220 Å². The van der Waals surface area contributed by atoms with Crippen molar-refractivity contribution in [3.05, 3.63) is 84.7 Å². The first kappa shape index (κ1) is 23.5. The molecule has 6 aromatic rings. The Morgan fingerprint density at radius 2 is 1.79 bits per heavy atom. The SMILES string of the molecule is Fc1ccc(-c2ccnc3[nH]c(-c4n[nH]c5cnc(-c6cncc(CN7CCC(F)(F)C7)c6)cc45)cc23)cc1. The van der Waals surface area contributed by atoms with Crippen LogP contribution in [0.5, 0.6) is 0 Å². The van der Waals surface area contributed by atoms with Crippen LogP contribution in [-0.4, -0.2) is 54.0 Å². The van der Waals surface area contributed by atoms with Gasteiger partial charge in [-0.15, -0.1) is 0 Å². The molecule has 1 aliphatic heterocycles. The highest BCUT2D eigenvalue weighted by Gasteiger charge is 2.37. The lowest BCUT2D eigenvalue weighted by atomic mass is 10.0. The van der Waals surface area contributed by atoms with Crippen molar-refractivity contribution in [3.63, 3.8) is 0 Å². The van der Waals surface area contributed by atoms with Gasteiger partial charge in [-0.3, -0.25) is 20.0 Å². The molecule has 0 amide bonds. The minimum atomic E-state index is -2.63. The molecule has 10 heteroatoms. The molecule has 5 aromatic heterocycles. The lowest BCUT2D eigenvalue weighted by Gasteiger charge is -2.15. The molecule has 0 aliphatic carbocycles. The third-order valence-electron chi connectivity index (χ3n) is 7.14. The molecule has 0 radical (unpaired) electrons. The predicted octanol–water partition coefficient (Wildman–Crippen LogP) is 6.21. The van der Waals surface area contributed by atoms with E-state index in [0.29, 0.717) is 30.1 Å². The number of aromatic nitrogens is 6. The third-order valence-corrected chi connectivity index (χ3v) is 7.14. The van der Waals surface area contributed by atoms with Crippen LogP contribution in [0.2, 0.25) is 0 Å². The smallest absolute Gasteiger partial charge is 0.261 e. The number of halogens is 3. The summed E-state index contributed by atoms with van der Waals surface area (Å²) in [6, 6.07) is 14.2. The number of benzene rings is 1. The van der Waals surface area contributed by atoms with E-state index in [1.165, 1.54) is 12.1 Å². The van der Waals surface area contributed by atoms with Gasteiger partial charge in [-0.25, -0.2) is 18.2 Å². The standard InChI is InChI=1S/C29H22F3N7/c30-20-3-1-18(2-4-20)21-5-7-34-28-22(21)10-25(36-28)27-23-11-24(35-14-26(23)37-38-27)19-9-17(12-33-13-19)15-39-8-6-29(31,32)16-39/h1-5,7,9-14H,6,8,15-16H2,(H,34,36)(H,37,38). The normalized spacial score (nSPS) is 15.5. The van der Waals surface area contributed by atoms with Crippen molar-refractivity contribution in [2.24, 2.45) is 0 Å². The zero-order valence-electron chi connectivity index (χ0n) is 20.6. The number of pyridine rings is 3. The van der Waals surface area contributed by atoms with Crippen LogP contribution in [-0.2, 0) is 6.54 Å². The highest BCUT2D eigenvalue weighted by Crippen LogP contribution is 2.34. The highest BCUT2D eigenvalue weighted by molar-refractivity contribution is 6.00. The van der Waals surface area contributed by atoms with Crippen LogP contribution in [0.4, 0.5) is 13.2 Å². The number of aromatic amines is 2. The average molecular weight is 526 g/mol. The van der Waals surface area contributed by atoms with E-state index in [4.69, 9.17) is 0 Å². The molecule has 2 N–H and O–H groups in total. The van der Waals surface area contributed by atoms with Gasteiger partial charge in [0.2, 0.25) is 0 Å². The van der Waals surface area contributed by atoms with E-state index >= 15 is 0 Å². The van der Waals surface area contributed by atoms with E-state index < -0.39 is 5.92 Å². The van der Waals surface area contributed by atoms with Crippen molar-refractivity contribution >= 4 is 21.9 Å². The average Bonchev–Trinajstić information content (AvgIpc) is 3.64. The summed E-state index contributed by atoms with van der Waals surface area (Å²) in [5.74, 6) is -2.92. The van der Waals surface area contributed by atoms with Crippen molar-refractivity contribution in [3.8, 4) is 33.8 Å². The summed E-state index contributed by atoms with van der Waals surface area (Å²) >= 11 is 0. The molecule has 7 nitrogen and oxygen atoms in total. The van der Waals surface area contributed by atoms with Gasteiger partial charge >= 0.3 is 0 Å². The number of hydrogen-bond donors (Lipinski definition) is 2. The maximum absolute atomic E-state index is 13.6. The first-order valence-electron chi connectivity index (χ1n) is 12.5. The number of nitrogens with one attached hydrogen (secondary N) is 2. The molecule has 0 saturated carbocycles. The van der Waals surface area contributed by atoms with Crippen LogP contribution >= 0.6 is 0 Å². The van der Waals surface area contributed by atoms with Gasteiger partial charge in [0.15, 0.2) is 0 Å². The molecule has 1 fully saturated rings. The maximum atomic E-state index is 13.6. The van der Waals surface area contributed by atoms with Crippen LogP contribution in [0.3, 0.4) is 0 Å². The van der Waals surface area contributed by atoms with E-state index in [0.717, 1.165) is 44.2 Å². The van der Waals surface area contributed by atoms with Gasteiger partial charge in [0, 0.05) is 54.4 Å². The molecule has 6 heterocycles. The largest absolute Gasteiger partial charge is 0.338 e. The summed E-state index contributed by atoms with van der Waals surface area (Å²) in [6.07, 6.45) is 6.75. The number of fused-ring (bicyclic) bond motifs is 2. The van der Waals surface area contributed by atoms with Crippen LogP contribution in [0.25, 0.3) is 55.7 Å². The molecular formula is C29H22F3N7. The number of likely N-dealkylation sites (tertiary alicyclic amines) is 1. The second-order valence-corrected chi connectivity index (χ2v) is 9.90. The van der Waals surface area contributed by atoms with Crippen molar-refractivity contribution < 1.29 is 13.2 Å². The first-order valence-corrected chi connectivity index (χ1v) is 12.5. The van der Waals surface area contributed by atoms with Gasteiger partial charge in [-0.2, -0.15) is 5.10 Å². The van der Waals surface area contributed by atoms with Gasteiger partial charge in [0.25, 0.3) is 5.92 Å². The zero-order valence-corrected chi connectivity index (χ0v) is 20.6. The Balaban J connectivity index is 1.24. The topological polar surface area (TPSA) is 86.4 Å². The molecular weight excluding hydrogens is 503 g/mol. The maximum Gasteiger partial charge on any atom is 0.261 e. The fourth-order valence-corrected chi connectivity index (χ4v) is 5.23. The van der Waals surface area contributed by atoms with E-state index in [-0.39, 0.29) is 18.8 Å². The van der Waals surface area contributed by atoms with E-state index in [1.54, 1.807) is 41.8 Å². The number of H-pyrrole nitrogens is 2. The summed E-state index contributed by atoms with van der Waals surface area (Å²) in [6.45, 7) is 0.540. The minimum Gasteiger partial charge on any atom is -0.338 e. The Morgan fingerprint density at radius 1 is 0.923 bits per heavy atom. The molecule has 1 saturated heterocycles. The first-order chi connectivity index (χ1) is 18.9. The van der Waals surface area contributed by atoms with Gasteiger partial charge in [-0.1, -0.05) is 12.1 Å². The number of rotatable bonds is 5. The van der Waals surface area contributed by atoms with Gasteiger partial charge in [0.1, 0.15) is 17.2 Å². The Bertz CT molecular complexity index is 1820. The second kappa shape index (κ2) is 9.02. The van der Waals surface area contributed by atoms with E-state index in [2.05, 4.69) is 30.1 Å². The highest BCUT2D eigenvalue weighted by atomic mass is 19.3. The summed E-state index contributed by atoms with van der Waals surface area (Å²) in [5.41, 5.74) is 7.12. The van der Waals surface area contributed by atoms with Crippen LogP contribution in [0.15, 0.2) is 73.3 Å². The molecule has 7 rings (SSSR count). The summed E-state index contributed by atoms with van der Waals surface area (Å²) in [7, 11) is 0. The number of hydrogen-bond acceptors (Lipinski definition) is 5. The summed E-state index contributed by atoms with van der Waals surface area (Å²) in [5, 5.41) is 9.34. The van der Waals surface area contributed by atoms with Crippen molar-refractivity contribution in [2.45, 2.75) is 18.9 Å². The molecule has 0 unspecified atom stereocenters. The van der Waals surface area contributed by atoms with Crippen molar-refractivity contribution in [1.29, 1.82) is 0 Å². The fraction of sp³-hybridized carbons (Fsp3) is 0.172. The molecule has 0 atom stereocenters. The second-order valence-electron chi connectivity index (χ2n) is 9.90. The van der Waals surface area contributed by atoms with Gasteiger partial charge in [-0.05, 0) is 53.1 Å². The monoisotopic (exact) mass is 525 g/mol. The molecule has 1 aromatic carbocycles. The minimum absolute atomic E-state index is 0.115. The van der Waals surface area contributed by atoms with Gasteiger partial charge in [0.05, 0.1) is 29.6 Å². The van der Waals surface area contributed by atoms with Crippen LogP contribution in [0.1, 0.15) is 12.0 Å².